The topological polar surface area (TPSA) is 0 Å². The summed E-state index contributed by atoms with van der Waals surface area (Å²) in [5, 5.41) is 0. The Morgan fingerprint density at radius 3 is 2.03 bits per heavy atom. The molecule has 1 unspecified atom stereocenters. The monoisotopic (exact) mass is 404 g/mol. The van der Waals surface area contributed by atoms with Gasteiger partial charge in [-0.1, -0.05) is 109 Å². The lowest BCUT2D eigenvalue weighted by atomic mass is 9.65. The second kappa shape index (κ2) is 6.47. The first-order chi connectivity index (χ1) is 15.8. The van der Waals surface area contributed by atoms with Gasteiger partial charge in [0.25, 0.3) is 0 Å². The van der Waals surface area contributed by atoms with Gasteiger partial charge < -0.3 is 0 Å². The zero-order valence-corrected chi connectivity index (χ0v) is 17.8. The molecule has 0 bridgehead atoms. The number of hydrogen-bond acceptors (Lipinski definition) is 0. The minimum atomic E-state index is -0.150. The van der Waals surface area contributed by atoms with Crippen LogP contribution in [0.2, 0.25) is 0 Å². The maximum Gasteiger partial charge on any atom is 0.113 e. The minimum Gasteiger partial charge on any atom is -0.0966 e. The van der Waals surface area contributed by atoms with Gasteiger partial charge in [0.15, 0.2) is 0 Å². The first-order valence-corrected chi connectivity index (χ1v) is 11.4. The van der Waals surface area contributed by atoms with Crippen LogP contribution < -0.4 is 5.46 Å². The first-order valence-electron chi connectivity index (χ1n) is 11.4. The smallest absolute Gasteiger partial charge is 0.0966 e. The summed E-state index contributed by atoms with van der Waals surface area (Å²) in [5.74, 6) is 0.411. The SMILES string of the molecule is [B]c1ccc(-c2ccc3c(c2)C2(c4ccccc4-c4ccccc42)C2CC=CC=C32)cc1. The third-order valence-corrected chi connectivity index (χ3v) is 7.68. The first kappa shape index (κ1) is 18.0. The molecule has 1 spiro atoms. The highest BCUT2D eigenvalue weighted by atomic mass is 14.6. The molecule has 7 rings (SSSR count). The van der Waals surface area contributed by atoms with Crippen LogP contribution >= 0.6 is 0 Å². The van der Waals surface area contributed by atoms with E-state index in [1.165, 1.54) is 50.1 Å². The normalized spacial score (nSPS) is 18.6. The maximum atomic E-state index is 5.96. The lowest BCUT2D eigenvalue weighted by Crippen LogP contribution is -2.32. The van der Waals surface area contributed by atoms with Gasteiger partial charge in [-0.15, -0.1) is 0 Å². The van der Waals surface area contributed by atoms with Crippen molar-refractivity contribution >= 4 is 18.9 Å². The largest absolute Gasteiger partial charge is 0.113 e. The minimum absolute atomic E-state index is 0.150. The molecule has 0 fully saturated rings. The summed E-state index contributed by atoms with van der Waals surface area (Å²) in [6.07, 6.45) is 7.97. The average Bonchev–Trinajstić information content (AvgIpc) is 3.32. The van der Waals surface area contributed by atoms with Gasteiger partial charge in [0, 0.05) is 5.92 Å². The van der Waals surface area contributed by atoms with Gasteiger partial charge in [0.05, 0.1) is 5.41 Å². The van der Waals surface area contributed by atoms with Gasteiger partial charge in [-0.3, -0.25) is 0 Å². The number of benzene rings is 4. The van der Waals surface area contributed by atoms with Crippen molar-refractivity contribution < 1.29 is 0 Å². The van der Waals surface area contributed by atoms with E-state index in [0.717, 1.165) is 11.9 Å². The summed E-state index contributed by atoms with van der Waals surface area (Å²) in [5.41, 5.74) is 13.0. The van der Waals surface area contributed by atoms with E-state index < -0.39 is 0 Å². The molecule has 2 radical (unpaired) electrons. The molecule has 148 valence electrons. The van der Waals surface area contributed by atoms with Crippen LogP contribution in [0.4, 0.5) is 0 Å². The molecular weight excluding hydrogens is 383 g/mol. The standard InChI is InChI=1S/C31H21B/c32-22-16-13-20(14-17-22)21-15-18-26-25-9-3-6-12-29(25)31(30(26)19-21)27-10-4-1-7-23(27)24-8-2-5-11-28(24)31/h1-11,13-19,29H,12H2. The van der Waals surface area contributed by atoms with E-state index in [1.807, 2.05) is 12.1 Å². The molecule has 4 aromatic carbocycles. The van der Waals surface area contributed by atoms with Crippen molar-refractivity contribution in [2.45, 2.75) is 11.8 Å². The lowest BCUT2D eigenvalue weighted by molar-refractivity contribution is 0.495. The molecule has 0 amide bonds. The van der Waals surface area contributed by atoms with Gasteiger partial charge in [-0.2, -0.15) is 0 Å². The highest BCUT2D eigenvalue weighted by Gasteiger charge is 2.55. The second-order valence-electron chi connectivity index (χ2n) is 9.12. The van der Waals surface area contributed by atoms with Crippen molar-refractivity contribution in [2.75, 3.05) is 0 Å². The Labute approximate surface area is 190 Å². The Hall–Kier alpha value is -3.58. The van der Waals surface area contributed by atoms with Gasteiger partial charge >= 0.3 is 0 Å². The van der Waals surface area contributed by atoms with Crippen molar-refractivity contribution in [1.29, 1.82) is 0 Å². The molecule has 0 saturated carbocycles. The highest BCUT2D eigenvalue weighted by Crippen LogP contribution is 2.65. The zero-order chi connectivity index (χ0) is 21.3. The van der Waals surface area contributed by atoms with Crippen LogP contribution in [0.3, 0.4) is 0 Å². The van der Waals surface area contributed by atoms with Crippen LogP contribution in [-0.2, 0) is 5.41 Å². The van der Waals surface area contributed by atoms with Crippen molar-refractivity contribution in [3.8, 4) is 22.3 Å². The third-order valence-electron chi connectivity index (χ3n) is 7.68. The van der Waals surface area contributed by atoms with E-state index >= 15 is 0 Å². The Bertz CT molecular complexity index is 1410. The molecule has 0 saturated heterocycles. The van der Waals surface area contributed by atoms with Gasteiger partial charge in [-0.05, 0) is 62.6 Å². The van der Waals surface area contributed by atoms with E-state index in [9.17, 15) is 0 Å². The van der Waals surface area contributed by atoms with E-state index in [1.54, 1.807) is 0 Å². The van der Waals surface area contributed by atoms with E-state index in [-0.39, 0.29) is 5.41 Å². The quantitative estimate of drug-likeness (QED) is 0.321. The summed E-state index contributed by atoms with van der Waals surface area (Å²) in [4.78, 5) is 0. The molecule has 3 aliphatic rings. The van der Waals surface area contributed by atoms with Gasteiger partial charge in [0.1, 0.15) is 7.85 Å². The van der Waals surface area contributed by atoms with Crippen LogP contribution in [0.15, 0.2) is 109 Å². The molecule has 0 heterocycles. The van der Waals surface area contributed by atoms with E-state index in [4.69, 9.17) is 7.85 Å². The van der Waals surface area contributed by atoms with Crippen LogP contribution in [0.25, 0.3) is 27.8 Å². The molecule has 0 nitrogen and oxygen atoms in total. The Morgan fingerprint density at radius 2 is 1.31 bits per heavy atom. The summed E-state index contributed by atoms with van der Waals surface area (Å²) in [7, 11) is 5.96. The number of allylic oxidation sites excluding steroid dienone is 4. The number of fused-ring (bicyclic) bond motifs is 10. The van der Waals surface area contributed by atoms with Crippen molar-refractivity contribution in [3.05, 3.63) is 131 Å². The van der Waals surface area contributed by atoms with Crippen molar-refractivity contribution in [1.82, 2.24) is 0 Å². The van der Waals surface area contributed by atoms with Gasteiger partial charge in [0.2, 0.25) is 0 Å². The molecule has 3 aliphatic carbocycles. The highest BCUT2D eigenvalue weighted by molar-refractivity contribution is 6.32. The molecule has 0 aliphatic heterocycles. The van der Waals surface area contributed by atoms with Crippen molar-refractivity contribution in [3.63, 3.8) is 0 Å². The molecular formula is C31H21B. The van der Waals surface area contributed by atoms with E-state index in [2.05, 4.69) is 97.1 Å². The maximum absolute atomic E-state index is 5.96. The Morgan fingerprint density at radius 1 is 0.656 bits per heavy atom. The lowest BCUT2D eigenvalue weighted by Gasteiger charge is -2.36. The van der Waals surface area contributed by atoms with Gasteiger partial charge in [-0.25, -0.2) is 0 Å². The summed E-state index contributed by atoms with van der Waals surface area (Å²) >= 11 is 0. The summed E-state index contributed by atoms with van der Waals surface area (Å²) < 4.78 is 0. The Kier molecular flexibility index (Phi) is 3.64. The number of rotatable bonds is 1. The molecule has 0 N–H and O–H groups in total. The van der Waals surface area contributed by atoms with Crippen LogP contribution in [0, 0.1) is 5.92 Å². The molecule has 1 atom stereocenters. The Balaban J connectivity index is 1.58. The summed E-state index contributed by atoms with van der Waals surface area (Å²) in [6, 6.07) is 33.4. The second-order valence-corrected chi connectivity index (χ2v) is 9.12. The fourth-order valence-corrected chi connectivity index (χ4v) is 6.42. The van der Waals surface area contributed by atoms with Crippen LogP contribution in [-0.4, -0.2) is 7.85 Å². The number of hydrogen-bond donors (Lipinski definition) is 0. The van der Waals surface area contributed by atoms with E-state index in [0.29, 0.717) is 5.92 Å². The average molecular weight is 404 g/mol. The molecule has 0 aromatic heterocycles. The summed E-state index contributed by atoms with van der Waals surface area (Å²) in [6.45, 7) is 0. The predicted molar refractivity (Wildman–Crippen MR) is 134 cm³/mol. The fourth-order valence-electron chi connectivity index (χ4n) is 6.42. The van der Waals surface area contributed by atoms with Crippen LogP contribution in [0.5, 0.6) is 0 Å². The zero-order valence-electron chi connectivity index (χ0n) is 17.8. The third kappa shape index (κ3) is 2.18. The molecule has 4 aromatic rings. The molecule has 32 heavy (non-hydrogen) atoms. The molecule has 1 heteroatoms. The van der Waals surface area contributed by atoms with Crippen LogP contribution in [0.1, 0.15) is 28.7 Å². The fraction of sp³-hybridized carbons (Fsp3) is 0.0968. The predicted octanol–water partition coefficient (Wildman–Crippen LogP) is 6.44. The van der Waals surface area contributed by atoms with Crippen molar-refractivity contribution in [2.24, 2.45) is 5.92 Å².